The molecule has 0 saturated heterocycles. The second-order valence-corrected chi connectivity index (χ2v) is 22.6. The van der Waals surface area contributed by atoms with Crippen molar-refractivity contribution in [2.45, 2.75) is 40.5 Å². The number of nitrogens with zero attached hydrogens (tertiary/aromatic N) is 4. The number of allylic oxidation sites excluding steroid dienone is 1. The lowest BCUT2D eigenvalue weighted by Crippen LogP contribution is -2.57. The Balaban J connectivity index is 0.868. The van der Waals surface area contributed by atoms with E-state index in [0.717, 1.165) is 109 Å². The maximum Gasteiger partial charge on any atom is 0.260 e. The molecule has 0 unspecified atom stereocenters. The zero-order chi connectivity index (χ0) is 55.4. The Bertz CT molecular complexity index is 4810. The highest BCUT2D eigenvalue weighted by Gasteiger charge is 2.41. The molecule has 2 aromatic heterocycles. The van der Waals surface area contributed by atoms with Crippen molar-refractivity contribution in [1.29, 1.82) is 0 Å². The van der Waals surface area contributed by atoms with Crippen LogP contribution < -0.4 is 35.7 Å². The lowest BCUT2D eigenvalue weighted by molar-refractivity contribution is 0.465. The molecule has 0 amide bonds. The maximum absolute atomic E-state index is 7.28. The highest BCUT2D eigenvalue weighted by Crippen LogP contribution is 2.46. The van der Waals surface area contributed by atoms with Crippen molar-refractivity contribution in [1.82, 2.24) is 9.13 Å². The third-order valence-corrected chi connectivity index (χ3v) is 17.7. The van der Waals surface area contributed by atoms with Crippen LogP contribution in [-0.2, 0) is 6.42 Å². The Hall–Kier alpha value is -10.2. The van der Waals surface area contributed by atoms with E-state index in [0.29, 0.717) is 0 Å². The van der Waals surface area contributed by atoms with Gasteiger partial charge in [0.2, 0.25) is 0 Å². The summed E-state index contributed by atoms with van der Waals surface area (Å²) in [6, 6.07) is 86.3. The number of anilines is 6. The normalized spacial score (nSPS) is 12.8. The maximum atomic E-state index is 7.28. The van der Waals surface area contributed by atoms with Crippen LogP contribution in [0.2, 0.25) is 0 Å². The molecule has 16 rings (SSSR count). The van der Waals surface area contributed by atoms with Crippen LogP contribution in [0.25, 0.3) is 61.3 Å². The predicted molar refractivity (Wildman–Crippen MR) is 346 cm³/mol. The molecular weight excluding hydrogens is 1010 g/mol. The summed E-state index contributed by atoms with van der Waals surface area (Å²) >= 11 is 0. The van der Waals surface area contributed by atoms with Gasteiger partial charge in [-0.1, -0.05) is 133 Å². The Kier molecular flexibility index (Phi) is 11.3. The average molecular weight is 1070 g/mol. The summed E-state index contributed by atoms with van der Waals surface area (Å²) in [7, 11) is 0. The molecule has 0 bridgehead atoms. The van der Waals surface area contributed by atoms with E-state index in [9.17, 15) is 0 Å². The van der Waals surface area contributed by atoms with Crippen LogP contribution in [0, 0.1) is 27.7 Å². The van der Waals surface area contributed by atoms with Crippen LogP contribution in [0.4, 0.5) is 34.1 Å². The first kappa shape index (κ1) is 48.7. The largest absolute Gasteiger partial charge is 0.458 e. The van der Waals surface area contributed by atoms with Crippen molar-refractivity contribution in [3.05, 3.63) is 276 Å². The molecule has 13 aromatic rings. The van der Waals surface area contributed by atoms with Gasteiger partial charge in [0.05, 0.1) is 16.6 Å². The number of rotatable bonds is 9. The van der Waals surface area contributed by atoms with E-state index >= 15 is 0 Å². The van der Waals surface area contributed by atoms with E-state index in [-0.39, 0.29) is 6.71 Å². The predicted octanol–water partition coefficient (Wildman–Crippen LogP) is 18.3. The number of hydrogen-bond acceptors (Lipinski definition) is 4. The van der Waals surface area contributed by atoms with Gasteiger partial charge in [-0.2, -0.15) is 0 Å². The first-order chi connectivity index (χ1) is 40.8. The van der Waals surface area contributed by atoms with Crippen molar-refractivity contribution in [3.63, 3.8) is 0 Å². The van der Waals surface area contributed by atoms with E-state index in [1.165, 1.54) is 66.4 Å². The fourth-order valence-corrected chi connectivity index (χ4v) is 13.3. The van der Waals surface area contributed by atoms with E-state index in [2.05, 4.69) is 295 Å². The molecule has 0 N–H and O–H groups in total. The first-order valence-electron chi connectivity index (χ1n) is 28.9. The van der Waals surface area contributed by atoms with E-state index in [1.807, 2.05) is 0 Å². The van der Waals surface area contributed by atoms with Crippen molar-refractivity contribution in [2.75, 3.05) is 9.80 Å². The number of benzene rings is 11. The molecule has 0 saturated carbocycles. The van der Waals surface area contributed by atoms with Crippen molar-refractivity contribution < 1.29 is 9.47 Å². The van der Waals surface area contributed by atoms with E-state index in [4.69, 9.17) is 9.47 Å². The minimum Gasteiger partial charge on any atom is -0.458 e. The quantitative estimate of drug-likeness (QED) is 0.135. The minimum absolute atomic E-state index is 0.173. The topological polar surface area (TPSA) is 34.8 Å². The molecule has 0 radical (unpaired) electrons. The van der Waals surface area contributed by atoms with Gasteiger partial charge >= 0.3 is 0 Å². The molecule has 0 atom stereocenters. The van der Waals surface area contributed by atoms with Crippen molar-refractivity contribution >= 4 is 96.0 Å². The molecule has 11 aromatic carbocycles. The number of fused-ring (bicyclic) bond motifs is 10. The SMILES string of the molecule is Cc1ccc(N(c2ccc3c(c2)Oc2cc(-c4ccccc4)cc4c2B3c2ccc(N(c3ccc(C)c(C)c3)c3ccc5c6ccccc6n(-c6ccccc6)c5c3)cc2O4)c2ccc3c4c(n(-c5ccccc5)c3c2)CCC=C4)cc1C. The lowest BCUT2D eigenvalue weighted by Gasteiger charge is -2.35. The van der Waals surface area contributed by atoms with Gasteiger partial charge in [-0.05, 0) is 188 Å². The summed E-state index contributed by atoms with van der Waals surface area (Å²) < 4.78 is 19.4. The summed E-state index contributed by atoms with van der Waals surface area (Å²) in [5.41, 5.74) is 25.0. The summed E-state index contributed by atoms with van der Waals surface area (Å²) in [5, 5.41) is 3.68. The first-order valence-corrected chi connectivity index (χ1v) is 28.9. The molecule has 7 heteroatoms. The van der Waals surface area contributed by atoms with Gasteiger partial charge in [-0.3, -0.25) is 0 Å². The van der Waals surface area contributed by atoms with Crippen molar-refractivity contribution in [2.24, 2.45) is 0 Å². The Morgan fingerprint density at radius 1 is 0.373 bits per heavy atom. The third-order valence-electron chi connectivity index (χ3n) is 17.7. The second-order valence-electron chi connectivity index (χ2n) is 22.6. The highest BCUT2D eigenvalue weighted by atomic mass is 16.5. The highest BCUT2D eigenvalue weighted by molar-refractivity contribution is 6.98. The molecular formula is C76H57BN4O2. The fraction of sp³-hybridized carbons (Fsp3) is 0.0789. The van der Waals surface area contributed by atoms with Crippen LogP contribution >= 0.6 is 0 Å². The van der Waals surface area contributed by atoms with Crippen LogP contribution in [0.1, 0.15) is 39.9 Å². The summed E-state index contributed by atoms with van der Waals surface area (Å²) in [6.45, 7) is 8.59. The zero-order valence-corrected chi connectivity index (χ0v) is 46.8. The number of hydrogen-bond donors (Lipinski definition) is 0. The molecule has 6 nitrogen and oxygen atoms in total. The van der Waals surface area contributed by atoms with Gasteiger partial charge in [0.15, 0.2) is 0 Å². The molecule has 4 heterocycles. The molecule has 83 heavy (non-hydrogen) atoms. The van der Waals surface area contributed by atoms with E-state index in [1.54, 1.807) is 0 Å². The van der Waals surface area contributed by atoms with Gasteiger partial charge in [0.25, 0.3) is 6.71 Å². The lowest BCUT2D eigenvalue weighted by atomic mass is 9.35. The third kappa shape index (κ3) is 7.94. The molecule has 0 spiro atoms. The summed E-state index contributed by atoms with van der Waals surface area (Å²) in [6.07, 6.45) is 6.64. The van der Waals surface area contributed by atoms with Crippen LogP contribution in [-0.4, -0.2) is 15.8 Å². The average Bonchev–Trinajstić information content (AvgIpc) is 4.10. The second kappa shape index (κ2) is 19.2. The molecule has 1 aliphatic carbocycles. The molecule has 2 aliphatic heterocycles. The number of ether oxygens (including phenoxy) is 2. The van der Waals surface area contributed by atoms with Gasteiger partial charge < -0.3 is 28.4 Å². The zero-order valence-electron chi connectivity index (χ0n) is 46.8. The fourth-order valence-electron chi connectivity index (χ4n) is 13.3. The van der Waals surface area contributed by atoms with Gasteiger partial charge in [-0.25, -0.2) is 0 Å². The number of aromatic nitrogens is 2. The van der Waals surface area contributed by atoms with Gasteiger partial charge in [0, 0.05) is 90.5 Å². The Labute approximate surface area is 484 Å². The molecule has 0 fully saturated rings. The monoisotopic (exact) mass is 1070 g/mol. The van der Waals surface area contributed by atoms with Crippen LogP contribution in [0.3, 0.4) is 0 Å². The standard InChI is InChI=1S/C76H57BN4O2/c1-48-28-30-56(40-50(48)3)78(58-32-36-64-62-24-14-16-26-68(62)80(70(64)44-58)54-20-10-6-11-21-54)60-34-38-66-72(46-60)82-74-42-53(52-18-8-5-9-19-52)43-75-76(74)77(66)67-39-35-61(47-73(67)83-75)79(57-31-29-49(2)51(4)41-57)59-33-37-65-63-25-15-17-27-69(63)81(71(65)45-59)55-22-12-7-13-23-55/h5-16,18-26,28-47H,17,27H2,1-4H3. The van der Waals surface area contributed by atoms with Gasteiger partial charge in [-0.15, -0.1) is 0 Å². The summed E-state index contributed by atoms with van der Waals surface area (Å²) in [5.74, 6) is 3.21. The Morgan fingerprint density at radius 2 is 0.843 bits per heavy atom. The van der Waals surface area contributed by atoms with Crippen LogP contribution in [0.15, 0.2) is 243 Å². The Morgan fingerprint density at radius 3 is 1.43 bits per heavy atom. The van der Waals surface area contributed by atoms with Crippen LogP contribution in [0.5, 0.6) is 23.0 Å². The minimum atomic E-state index is -0.173. The number of aryl methyl sites for hydroxylation is 4. The van der Waals surface area contributed by atoms with Gasteiger partial charge in [0.1, 0.15) is 23.0 Å². The van der Waals surface area contributed by atoms with E-state index < -0.39 is 0 Å². The number of para-hydroxylation sites is 3. The van der Waals surface area contributed by atoms with Crippen molar-refractivity contribution in [3.8, 4) is 45.5 Å². The molecule has 3 aliphatic rings. The summed E-state index contributed by atoms with van der Waals surface area (Å²) in [4.78, 5) is 4.78. The molecule has 396 valence electrons. The smallest absolute Gasteiger partial charge is 0.260 e.